The summed E-state index contributed by atoms with van der Waals surface area (Å²) in [6.07, 6.45) is 13.1. The number of hydrogen-bond acceptors (Lipinski definition) is 2. The van der Waals surface area contributed by atoms with Crippen LogP contribution in [0.5, 0.6) is 0 Å². The molecule has 0 radical (unpaired) electrons. The van der Waals surface area contributed by atoms with Crippen molar-refractivity contribution in [1.29, 1.82) is 0 Å². The maximum atomic E-state index is 12.4. The molecule has 3 nitrogen and oxygen atoms in total. The predicted octanol–water partition coefficient (Wildman–Crippen LogP) is 5.17. The average molecular weight is 356 g/mol. The summed E-state index contributed by atoms with van der Waals surface area (Å²) < 4.78 is 0. The fraction of sp³-hybridized carbons (Fsp3) is 0.739. The number of fused-ring (bicyclic) bond motifs is 4. The van der Waals surface area contributed by atoms with Crippen LogP contribution in [0.3, 0.4) is 0 Å². The lowest BCUT2D eigenvalue weighted by atomic mass is 9.53. The first-order chi connectivity index (χ1) is 12.3. The Morgan fingerprint density at radius 3 is 2.46 bits per heavy atom. The standard InChI is InChI=1S/C23H33NO2/c1-15(25)24(16(2)26)21-9-5-7-17-10-11-18-19-8-6-13-22(19,3)14-12-20(18)23(17,21)4/h7,19,21H,5-6,8-14H2,1-4H3/t19-,21?,22-,23-/m0/s1. The molecule has 26 heavy (non-hydrogen) atoms. The number of carbonyl (C=O) groups excluding carboxylic acids is 2. The largest absolute Gasteiger partial charge is 0.279 e. The molecule has 0 saturated heterocycles. The molecule has 1 fully saturated rings. The molecule has 4 aliphatic carbocycles. The van der Waals surface area contributed by atoms with Crippen LogP contribution in [0.25, 0.3) is 0 Å². The van der Waals surface area contributed by atoms with Crippen molar-refractivity contribution < 1.29 is 9.59 Å². The van der Waals surface area contributed by atoms with Crippen LogP contribution in [0.4, 0.5) is 0 Å². The summed E-state index contributed by atoms with van der Waals surface area (Å²) in [4.78, 5) is 26.3. The van der Waals surface area contributed by atoms with E-state index in [2.05, 4.69) is 19.9 Å². The Morgan fingerprint density at radius 2 is 1.77 bits per heavy atom. The Kier molecular flexibility index (Phi) is 4.20. The van der Waals surface area contributed by atoms with Crippen molar-refractivity contribution in [1.82, 2.24) is 4.90 Å². The minimum atomic E-state index is -0.132. The van der Waals surface area contributed by atoms with Crippen molar-refractivity contribution in [2.45, 2.75) is 91.5 Å². The van der Waals surface area contributed by atoms with Crippen molar-refractivity contribution in [2.24, 2.45) is 16.7 Å². The van der Waals surface area contributed by atoms with Crippen LogP contribution in [0.1, 0.15) is 85.5 Å². The molecule has 4 aliphatic rings. The SMILES string of the molecule is CC(=O)N(C(C)=O)C1CCC=C2CCC3=C(CC[C@]4(C)CCC[C@@H]34)[C@]21C. The highest BCUT2D eigenvalue weighted by Crippen LogP contribution is 2.63. The van der Waals surface area contributed by atoms with E-state index in [1.54, 1.807) is 29.9 Å². The molecule has 1 unspecified atom stereocenters. The third-order valence-electron chi connectivity index (χ3n) is 8.28. The number of nitrogens with zero attached hydrogens (tertiary/aromatic N) is 1. The fourth-order valence-electron chi connectivity index (χ4n) is 7.03. The maximum absolute atomic E-state index is 12.4. The highest BCUT2D eigenvalue weighted by atomic mass is 16.2. The molecule has 1 saturated carbocycles. The lowest BCUT2D eigenvalue weighted by molar-refractivity contribution is -0.147. The average Bonchev–Trinajstić information content (AvgIpc) is 2.96. The van der Waals surface area contributed by atoms with E-state index in [0.717, 1.165) is 31.6 Å². The predicted molar refractivity (Wildman–Crippen MR) is 103 cm³/mol. The van der Waals surface area contributed by atoms with Crippen LogP contribution < -0.4 is 0 Å². The fourth-order valence-corrected chi connectivity index (χ4v) is 7.03. The Balaban J connectivity index is 1.84. The molecular weight excluding hydrogens is 322 g/mol. The van der Waals surface area contributed by atoms with E-state index in [-0.39, 0.29) is 23.3 Å². The summed E-state index contributed by atoms with van der Waals surface area (Å²) >= 11 is 0. The molecule has 2 amide bonds. The highest BCUT2D eigenvalue weighted by Gasteiger charge is 2.54. The van der Waals surface area contributed by atoms with Crippen LogP contribution in [-0.2, 0) is 9.59 Å². The van der Waals surface area contributed by atoms with Crippen molar-refractivity contribution >= 4 is 11.8 Å². The van der Waals surface area contributed by atoms with Gasteiger partial charge in [0.1, 0.15) is 0 Å². The molecule has 4 rings (SSSR count). The minimum absolute atomic E-state index is 0.00596. The Hall–Kier alpha value is -1.38. The van der Waals surface area contributed by atoms with Gasteiger partial charge in [-0.25, -0.2) is 0 Å². The number of imide groups is 1. The summed E-state index contributed by atoms with van der Waals surface area (Å²) in [5.41, 5.74) is 5.14. The van der Waals surface area contributed by atoms with E-state index in [1.165, 1.54) is 37.7 Å². The summed E-state index contributed by atoms with van der Waals surface area (Å²) in [7, 11) is 0. The Labute approximate surface area is 157 Å². The smallest absolute Gasteiger partial charge is 0.226 e. The second-order valence-corrected chi connectivity index (χ2v) is 9.54. The van der Waals surface area contributed by atoms with E-state index in [1.807, 2.05) is 0 Å². The van der Waals surface area contributed by atoms with E-state index in [0.29, 0.717) is 5.41 Å². The van der Waals surface area contributed by atoms with Gasteiger partial charge in [-0.3, -0.25) is 14.5 Å². The molecular formula is C23H33NO2. The van der Waals surface area contributed by atoms with Gasteiger partial charge in [0, 0.05) is 19.3 Å². The van der Waals surface area contributed by atoms with Gasteiger partial charge in [0.25, 0.3) is 0 Å². The highest BCUT2D eigenvalue weighted by molar-refractivity contribution is 5.93. The van der Waals surface area contributed by atoms with Crippen molar-refractivity contribution in [3.8, 4) is 0 Å². The molecule has 0 aromatic heterocycles. The van der Waals surface area contributed by atoms with Crippen molar-refractivity contribution in [3.05, 3.63) is 22.8 Å². The van der Waals surface area contributed by atoms with Gasteiger partial charge in [0.15, 0.2) is 0 Å². The Morgan fingerprint density at radius 1 is 1.04 bits per heavy atom. The molecule has 0 N–H and O–H groups in total. The minimum Gasteiger partial charge on any atom is -0.279 e. The number of hydrogen-bond donors (Lipinski definition) is 0. The summed E-state index contributed by atoms with van der Waals surface area (Å²) in [6, 6.07) is -0.00596. The molecule has 0 aliphatic heterocycles. The van der Waals surface area contributed by atoms with E-state index < -0.39 is 0 Å². The van der Waals surface area contributed by atoms with Gasteiger partial charge in [-0.05, 0) is 62.7 Å². The molecule has 0 aromatic rings. The number of rotatable bonds is 1. The van der Waals surface area contributed by atoms with Gasteiger partial charge < -0.3 is 0 Å². The second kappa shape index (κ2) is 6.07. The first kappa shape index (κ1) is 18.0. The summed E-state index contributed by atoms with van der Waals surface area (Å²) in [6.45, 7) is 7.94. The van der Waals surface area contributed by atoms with Gasteiger partial charge in [-0.15, -0.1) is 0 Å². The maximum Gasteiger partial charge on any atom is 0.226 e. The zero-order valence-electron chi connectivity index (χ0n) is 16.9. The normalized spacial score (nSPS) is 38.8. The topological polar surface area (TPSA) is 37.4 Å². The zero-order chi connectivity index (χ0) is 18.7. The van der Waals surface area contributed by atoms with Crippen LogP contribution in [0.15, 0.2) is 22.8 Å². The first-order valence-electron chi connectivity index (χ1n) is 10.5. The third-order valence-corrected chi connectivity index (χ3v) is 8.28. The summed E-state index contributed by atoms with van der Waals surface area (Å²) in [5.74, 6) is 0.536. The monoisotopic (exact) mass is 355 g/mol. The first-order valence-corrected chi connectivity index (χ1v) is 10.5. The molecule has 4 atom stereocenters. The quantitative estimate of drug-likeness (QED) is 0.609. The van der Waals surface area contributed by atoms with E-state index >= 15 is 0 Å². The van der Waals surface area contributed by atoms with Gasteiger partial charge in [-0.2, -0.15) is 0 Å². The third kappa shape index (κ3) is 2.38. The number of amides is 2. The lowest BCUT2D eigenvalue weighted by Gasteiger charge is -2.55. The van der Waals surface area contributed by atoms with Gasteiger partial charge in [-0.1, -0.05) is 43.1 Å². The van der Waals surface area contributed by atoms with Gasteiger partial charge in [0.05, 0.1) is 6.04 Å². The molecule has 0 aromatic carbocycles. The van der Waals surface area contributed by atoms with Gasteiger partial charge in [0.2, 0.25) is 11.8 Å². The van der Waals surface area contributed by atoms with Crippen LogP contribution in [-0.4, -0.2) is 22.8 Å². The second-order valence-electron chi connectivity index (χ2n) is 9.54. The van der Waals surface area contributed by atoms with Crippen LogP contribution in [0, 0.1) is 16.7 Å². The number of allylic oxidation sites excluding steroid dienone is 2. The zero-order valence-corrected chi connectivity index (χ0v) is 16.9. The molecule has 142 valence electrons. The van der Waals surface area contributed by atoms with Crippen molar-refractivity contribution in [3.63, 3.8) is 0 Å². The number of carbonyl (C=O) groups is 2. The van der Waals surface area contributed by atoms with Gasteiger partial charge >= 0.3 is 0 Å². The molecule has 0 heterocycles. The molecule has 3 heteroatoms. The van der Waals surface area contributed by atoms with Crippen LogP contribution >= 0.6 is 0 Å². The van der Waals surface area contributed by atoms with Crippen LogP contribution in [0.2, 0.25) is 0 Å². The Bertz CT molecular complexity index is 704. The van der Waals surface area contributed by atoms with Crippen molar-refractivity contribution in [2.75, 3.05) is 0 Å². The van der Waals surface area contributed by atoms with E-state index in [4.69, 9.17) is 0 Å². The van der Waals surface area contributed by atoms with E-state index in [9.17, 15) is 9.59 Å². The summed E-state index contributed by atoms with van der Waals surface area (Å²) in [5, 5.41) is 0. The lowest BCUT2D eigenvalue weighted by Crippen LogP contribution is -2.55. The molecule has 0 bridgehead atoms. The molecule has 0 spiro atoms.